The van der Waals surface area contributed by atoms with Gasteiger partial charge in [-0.15, -0.1) is 0 Å². The van der Waals surface area contributed by atoms with E-state index in [4.69, 9.17) is 4.74 Å². The fourth-order valence-electron chi connectivity index (χ4n) is 3.37. The molecule has 1 saturated heterocycles. The van der Waals surface area contributed by atoms with Crippen LogP contribution in [0.2, 0.25) is 0 Å². The van der Waals surface area contributed by atoms with E-state index in [0.717, 1.165) is 24.6 Å². The Morgan fingerprint density at radius 3 is 2.67 bits per heavy atom. The van der Waals surface area contributed by atoms with E-state index in [1.807, 2.05) is 0 Å². The molecule has 1 unspecified atom stereocenters. The van der Waals surface area contributed by atoms with Crippen molar-refractivity contribution in [2.24, 2.45) is 0 Å². The Labute approximate surface area is 119 Å². The number of carbonyl (C=O) groups is 1. The van der Waals surface area contributed by atoms with E-state index in [-0.39, 0.29) is 5.60 Å². The third-order valence-electron chi connectivity index (χ3n) is 4.44. The van der Waals surface area contributed by atoms with Gasteiger partial charge in [-0.3, -0.25) is 4.79 Å². The number of ketones is 1. The Bertz CT molecular complexity index is 272. The molecule has 0 aromatic carbocycles. The van der Waals surface area contributed by atoms with Crippen LogP contribution >= 0.6 is 15.9 Å². The zero-order chi connectivity index (χ0) is 12.8. The van der Waals surface area contributed by atoms with E-state index in [2.05, 4.69) is 15.9 Å². The number of hydrogen-bond acceptors (Lipinski definition) is 2. The molecule has 1 saturated carbocycles. The Kier molecular flexibility index (Phi) is 5.68. The minimum Gasteiger partial charge on any atom is -0.372 e. The normalized spacial score (nSPS) is 26.6. The largest absolute Gasteiger partial charge is 0.372 e. The molecule has 3 heteroatoms. The second-order valence-electron chi connectivity index (χ2n) is 5.89. The molecule has 2 nitrogen and oxygen atoms in total. The fourth-order valence-corrected chi connectivity index (χ4v) is 3.65. The lowest BCUT2D eigenvalue weighted by atomic mass is 9.83. The van der Waals surface area contributed by atoms with Crippen molar-refractivity contribution < 1.29 is 9.53 Å². The lowest BCUT2D eigenvalue weighted by Crippen LogP contribution is -2.31. The summed E-state index contributed by atoms with van der Waals surface area (Å²) in [6.45, 7) is 0. The van der Waals surface area contributed by atoms with Gasteiger partial charge in [0.25, 0.3) is 0 Å². The van der Waals surface area contributed by atoms with E-state index in [1.54, 1.807) is 0 Å². The molecule has 1 spiro atoms. The quantitative estimate of drug-likeness (QED) is 0.679. The van der Waals surface area contributed by atoms with E-state index in [9.17, 15) is 4.79 Å². The van der Waals surface area contributed by atoms with Gasteiger partial charge in [-0.05, 0) is 38.5 Å². The standard InChI is InChI=1S/C15H25BrO2/c16-12-4-5-13(17)6-7-14-8-11-15(18-14)9-2-1-3-10-15/h14H,1-12H2. The maximum absolute atomic E-state index is 11.7. The van der Waals surface area contributed by atoms with E-state index in [0.29, 0.717) is 18.3 Å². The molecule has 2 fully saturated rings. The van der Waals surface area contributed by atoms with Crippen molar-refractivity contribution in [3.63, 3.8) is 0 Å². The van der Waals surface area contributed by atoms with Gasteiger partial charge in [-0.25, -0.2) is 0 Å². The highest BCUT2D eigenvalue weighted by molar-refractivity contribution is 9.09. The molecule has 18 heavy (non-hydrogen) atoms. The Morgan fingerprint density at radius 1 is 1.17 bits per heavy atom. The summed E-state index contributed by atoms with van der Waals surface area (Å²) in [5.74, 6) is 0.405. The molecule has 104 valence electrons. The molecule has 0 aromatic rings. The number of halogens is 1. The first kappa shape index (κ1) is 14.5. The molecular weight excluding hydrogens is 292 g/mol. The van der Waals surface area contributed by atoms with E-state index in [1.165, 1.54) is 44.9 Å². The zero-order valence-corrected chi connectivity index (χ0v) is 12.8. The molecule has 0 N–H and O–H groups in total. The molecule has 1 atom stereocenters. The lowest BCUT2D eigenvalue weighted by Gasteiger charge is -2.33. The topological polar surface area (TPSA) is 26.3 Å². The second kappa shape index (κ2) is 7.04. The molecule has 0 radical (unpaired) electrons. The molecule has 1 aliphatic heterocycles. The second-order valence-corrected chi connectivity index (χ2v) is 6.69. The molecule has 1 aliphatic carbocycles. The summed E-state index contributed by atoms with van der Waals surface area (Å²) in [6, 6.07) is 0. The van der Waals surface area contributed by atoms with Crippen molar-refractivity contribution in [2.45, 2.75) is 82.3 Å². The number of alkyl halides is 1. The number of Topliss-reactive ketones (excluding diaryl/α,β-unsaturated/α-hetero) is 1. The molecule has 1 heterocycles. The highest BCUT2D eigenvalue weighted by Gasteiger charge is 2.40. The number of ether oxygens (including phenoxy) is 1. The van der Waals surface area contributed by atoms with Crippen LogP contribution in [0.25, 0.3) is 0 Å². The average molecular weight is 317 g/mol. The Hall–Kier alpha value is 0.110. The first-order valence-corrected chi connectivity index (χ1v) is 8.62. The van der Waals surface area contributed by atoms with Gasteiger partial charge in [-0.1, -0.05) is 35.2 Å². The Balaban J connectivity index is 1.67. The molecule has 0 bridgehead atoms. The summed E-state index contributed by atoms with van der Waals surface area (Å²) >= 11 is 3.37. The highest BCUT2D eigenvalue weighted by atomic mass is 79.9. The summed E-state index contributed by atoms with van der Waals surface area (Å²) < 4.78 is 6.28. The van der Waals surface area contributed by atoms with Gasteiger partial charge in [0.15, 0.2) is 0 Å². The van der Waals surface area contributed by atoms with Crippen LogP contribution in [-0.2, 0) is 9.53 Å². The van der Waals surface area contributed by atoms with Crippen LogP contribution in [0.3, 0.4) is 0 Å². The molecule has 0 aromatic heterocycles. The molecule has 2 rings (SSSR count). The lowest BCUT2D eigenvalue weighted by molar-refractivity contribution is -0.120. The predicted octanol–water partition coefficient (Wildman–Crippen LogP) is 4.39. The van der Waals surface area contributed by atoms with Crippen LogP contribution in [0, 0.1) is 0 Å². The molecular formula is C15H25BrO2. The highest BCUT2D eigenvalue weighted by Crippen LogP contribution is 2.42. The van der Waals surface area contributed by atoms with Crippen molar-refractivity contribution in [1.29, 1.82) is 0 Å². The van der Waals surface area contributed by atoms with Crippen LogP contribution in [0.4, 0.5) is 0 Å². The average Bonchev–Trinajstić information content (AvgIpc) is 2.78. The van der Waals surface area contributed by atoms with Gasteiger partial charge in [0.05, 0.1) is 11.7 Å². The van der Waals surface area contributed by atoms with Crippen LogP contribution in [0.15, 0.2) is 0 Å². The smallest absolute Gasteiger partial charge is 0.133 e. The van der Waals surface area contributed by atoms with Gasteiger partial charge in [0.1, 0.15) is 5.78 Å². The maximum Gasteiger partial charge on any atom is 0.133 e. The van der Waals surface area contributed by atoms with Crippen LogP contribution < -0.4 is 0 Å². The van der Waals surface area contributed by atoms with E-state index >= 15 is 0 Å². The zero-order valence-electron chi connectivity index (χ0n) is 11.3. The number of hydrogen-bond donors (Lipinski definition) is 0. The molecule has 0 amide bonds. The SMILES string of the molecule is O=C(CCCBr)CCC1CCC2(CCCCC2)O1. The van der Waals surface area contributed by atoms with Crippen LogP contribution in [0.5, 0.6) is 0 Å². The van der Waals surface area contributed by atoms with Crippen LogP contribution in [-0.4, -0.2) is 22.8 Å². The summed E-state index contributed by atoms with van der Waals surface area (Å²) in [4.78, 5) is 11.7. The summed E-state index contributed by atoms with van der Waals surface area (Å²) in [6.07, 6.45) is 12.7. The molecule has 2 aliphatic rings. The van der Waals surface area contributed by atoms with E-state index < -0.39 is 0 Å². The number of carbonyl (C=O) groups excluding carboxylic acids is 1. The fraction of sp³-hybridized carbons (Fsp3) is 0.933. The van der Waals surface area contributed by atoms with Gasteiger partial charge in [-0.2, -0.15) is 0 Å². The monoisotopic (exact) mass is 316 g/mol. The van der Waals surface area contributed by atoms with Crippen LogP contribution in [0.1, 0.15) is 70.6 Å². The third kappa shape index (κ3) is 4.06. The van der Waals surface area contributed by atoms with Gasteiger partial charge in [0.2, 0.25) is 0 Å². The minimum absolute atomic E-state index is 0.210. The third-order valence-corrected chi connectivity index (χ3v) is 5.00. The van der Waals surface area contributed by atoms with Crippen molar-refractivity contribution in [2.75, 3.05) is 5.33 Å². The van der Waals surface area contributed by atoms with Crippen molar-refractivity contribution >= 4 is 21.7 Å². The van der Waals surface area contributed by atoms with Gasteiger partial charge in [0, 0.05) is 18.2 Å². The summed E-state index contributed by atoms with van der Waals surface area (Å²) in [7, 11) is 0. The van der Waals surface area contributed by atoms with Crippen molar-refractivity contribution in [3.05, 3.63) is 0 Å². The summed E-state index contributed by atoms with van der Waals surface area (Å²) in [5, 5.41) is 0.932. The summed E-state index contributed by atoms with van der Waals surface area (Å²) in [5.41, 5.74) is 0.210. The Morgan fingerprint density at radius 2 is 1.94 bits per heavy atom. The first-order chi connectivity index (χ1) is 8.74. The first-order valence-electron chi connectivity index (χ1n) is 7.50. The van der Waals surface area contributed by atoms with Crippen molar-refractivity contribution in [3.8, 4) is 0 Å². The number of rotatable bonds is 6. The maximum atomic E-state index is 11.7. The minimum atomic E-state index is 0.210. The van der Waals surface area contributed by atoms with Gasteiger partial charge < -0.3 is 4.74 Å². The predicted molar refractivity (Wildman–Crippen MR) is 77.2 cm³/mol. The van der Waals surface area contributed by atoms with Gasteiger partial charge >= 0.3 is 0 Å². The van der Waals surface area contributed by atoms with Crippen molar-refractivity contribution in [1.82, 2.24) is 0 Å².